The molecule has 14 nitrogen and oxygen atoms in total. The zero-order valence-electron chi connectivity index (χ0n) is 24.5. The number of hydrogen-bond donors (Lipinski definition) is 2. The van der Waals surface area contributed by atoms with Crippen LogP contribution in [0.25, 0.3) is 0 Å². The topological polar surface area (TPSA) is 201 Å². The average molecular weight is 711 g/mol. The molecule has 2 saturated heterocycles. The molecule has 2 aromatic rings. The van der Waals surface area contributed by atoms with Crippen molar-refractivity contribution in [2.75, 3.05) is 24.6 Å². The Bertz CT molecular complexity index is 1420. The quantitative estimate of drug-likeness (QED) is 0.171. The first-order valence-electron chi connectivity index (χ1n) is 13.9. The molecule has 0 radical (unpaired) electrons. The smallest absolute Gasteiger partial charge is 0.321 e. The lowest BCUT2D eigenvalue weighted by molar-refractivity contribution is -0.385. The van der Waals surface area contributed by atoms with E-state index < -0.39 is 56.5 Å². The van der Waals surface area contributed by atoms with Crippen molar-refractivity contribution >= 4 is 78.7 Å². The summed E-state index contributed by atoms with van der Waals surface area (Å²) in [7, 11) is 1.46. The van der Waals surface area contributed by atoms with Gasteiger partial charge in [-0.3, -0.25) is 49.2 Å². The van der Waals surface area contributed by atoms with Gasteiger partial charge in [-0.25, -0.2) is 0 Å². The van der Waals surface area contributed by atoms with Crippen LogP contribution in [0.2, 0.25) is 0 Å². The van der Waals surface area contributed by atoms with Crippen LogP contribution in [-0.2, 0) is 19.2 Å². The highest BCUT2D eigenvalue weighted by Crippen LogP contribution is 2.44. The lowest BCUT2D eigenvalue weighted by Crippen LogP contribution is -2.42. The number of hydrogen-bond acceptors (Lipinski definition) is 14. The summed E-state index contributed by atoms with van der Waals surface area (Å²) in [6.45, 7) is 3.34. The number of nitrogens with zero attached hydrogens (tertiary/aromatic N) is 4. The van der Waals surface area contributed by atoms with Crippen LogP contribution < -0.4 is 0 Å². The number of nitro benzene ring substituents is 2. The molecule has 2 aromatic carbocycles. The second-order valence-electron chi connectivity index (χ2n) is 10.8. The van der Waals surface area contributed by atoms with E-state index in [2.05, 4.69) is 0 Å². The highest BCUT2D eigenvalue weighted by atomic mass is 33.1. The van der Waals surface area contributed by atoms with Gasteiger partial charge in [-0.1, -0.05) is 38.1 Å². The number of nitro groups is 2. The van der Waals surface area contributed by atoms with Gasteiger partial charge in [0.05, 0.1) is 20.6 Å². The SMILES string of the molecule is C[C@@H](CN1C(C(=O)O)CSC1c1cccc([N+](=O)[O-])c1)C(=O)SSC(=O)[C@@H](C)CN1C(C(=O)O)CSC1c1cccc([N+](=O)[O-])c1. The molecule has 0 aliphatic carbocycles. The van der Waals surface area contributed by atoms with Crippen LogP contribution in [0.5, 0.6) is 0 Å². The monoisotopic (exact) mass is 710 g/mol. The van der Waals surface area contributed by atoms with Crippen LogP contribution in [0.4, 0.5) is 11.4 Å². The van der Waals surface area contributed by atoms with Gasteiger partial charge in [0, 0.05) is 60.7 Å². The van der Waals surface area contributed by atoms with E-state index in [4.69, 9.17) is 0 Å². The highest BCUT2D eigenvalue weighted by Gasteiger charge is 2.42. The number of carbonyl (C=O) groups excluding carboxylic acids is 2. The zero-order valence-corrected chi connectivity index (χ0v) is 27.8. The number of rotatable bonds is 12. The molecule has 0 bridgehead atoms. The molecule has 0 saturated carbocycles. The van der Waals surface area contributed by atoms with Crippen LogP contribution in [-0.4, -0.2) is 88.7 Å². The summed E-state index contributed by atoms with van der Waals surface area (Å²) in [5.74, 6) is -3.07. The molecule has 2 fully saturated rings. The Morgan fingerprint density at radius 2 is 1.15 bits per heavy atom. The fourth-order valence-corrected chi connectivity index (χ4v) is 10.2. The van der Waals surface area contributed by atoms with Gasteiger partial charge in [-0.05, 0) is 32.7 Å². The first-order chi connectivity index (χ1) is 21.8. The first kappa shape index (κ1) is 35.7. The highest BCUT2D eigenvalue weighted by molar-refractivity contribution is 8.87. The largest absolute Gasteiger partial charge is 0.480 e. The lowest BCUT2D eigenvalue weighted by Gasteiger charge is -2.29. The number of carboxylic acid groups (broad SMARTS) is 2. The Labute approximate surface area is 279 Å². The van der Waals surface area contributed by atoms with Gasteiger partial charge >= 0.3 is 11.9 Å². The molecule has 6 atom stereocenters. The summed E-state index contributed by atoms with van der Waals surface area (Å²) in [6.07, 6.45) is 0. The van der Waals surface area contributed by atoms with Crippen molar-refractivity contribution in [1.82, 2.24) is 9.80 Å². The third-order valence-electron chi connectivity index (χ3n) is 7.51. The Balaban J connectivity index is 1.39. The van der Waals surface area contributed by atoms with E-state index in [1.165, 1.54) is 59.9 Å². The van der Waals surface area contributed by atoms with Gasteiger partial charge in [0.25, 0.3) is 11.4 Å². The van der Waals surface area contributed by atoms with E-state index in [0.717, 1.165) is 21.6 Å². The van der Waals surface area contributed by atoms with Crippen molar-refractivity contribution in [3.8, 4) is 0 Å². The van der Waals surface area contributed by atoms with E-state index in [-0.39, 0.29) is 46.2 Å². The van der Waals surface area contributed by atoms with Crippen molar-refractivity contribution in [3.05, 3.63) is 79.9 Å². The molecule has 0 amide bonds. The normalized spacial score (nSPS) is 23.1. The Morgan fingerprint density at radius 3 is 1.48 bits per heavy atom. The number of carbonyl (C=O) groups is 4. The molecule has 18 heteroatoms. The zero-order chi connectivity index (χ0) is 33.7. The van der Waals surface area contributed by atoms with E-state index in [0.29, 0.717) is 11.1 Å². The summed E-state index contributed by atoms with van der Waals surface area (Å²) in [4.78, 5) is 75.0. The molecule has 0 spiro atoms. The van der Waals surface area contributed by atoms with E-state index in [1.807, 2.05) is 0 Å². The molecule has 46 heavy (non-hydrogen) atoms. The van der Waals surface area contributed by atoms with Gasteiger partial charge in [0.15, 0.2) is 0 Å². The Morgan fingerprint density at radius 1 is 0.783 bits per heavy atom. The summed E-state index contributed by atoms with van der Waals surface area (Å²) < 4.78 is 0. The second-order valence-corrected chi connectivity index (χ2v) is 15.1. The molecular weight excluding hydrogens is 681 g/mol. The predicted molar refractivity (Wildman–Crippen MR) is 176 cm³/mol. The fraction of sp³-hybridized carbons (Fsp3) is 0.429. The molecule has 0 aromatic heterocycles. The van der Waals surface area contributed by atoms with Gasteiger partial charge in [0.2, 0.25) is 10.2 Å². The summed E-state index contributed by atoms with van der Waals surface area (Å²) in [5.41, 5.74) is 0.854. The maximum absolute atomic E-state index is 13.1. The van der Waals surface area contributed by atoms with Crippen molar-refractivity contribution in [1.29, 1.82) is 0 Å². The summed E-state index contributed by atoms with van der Waals surface area (Å²) in [5, 5.41) is 40.4. The summed E-state index contributed by atoms with van der Waals surface area (Å²) >= 11 is 2.64. The minimum Gasteiger partial charge on any atom is -0.480 e. The lowest BCUT2D eigenvalue weighted by atomic mass is 10.1. The molecule has 2 N–H and O–H groups in total. The minimum absolute atomic E-state index is 0.0453. The van der Waals surface area contributed by atoms with Crippen LogP contribution >= 0.6 is 45.1 Å². The third-order valence-corrected chi connectivity index (χ3v) is 12.7. The third kappa shape index (κ3) is 8.40. The van der Waals surface area contributed by atoms with Gasteiger partial charge in [-0.2, -0.15) is 0 Å². The van der Waals surface area contributed by atoms with Crippen molar-refractivity contribution in [2.24, 2.45) is 11.8 Å². The molecule has 4 rings (SSSR count). The number of benzene rings is 2. The Hall–Kier alpha value is -3.16. The van der Waals surface area contributed by atoms with Gasteiger partial charge in [0.1, 0.15) is 12.1 Å². The number of non-ortho nitro benzene ring substituents is 2. The van der Waals surface area contributed by atoms with Crippen LogP contribution in [0, 0.1) is 32.1 Å². The standard InChI is InChI=1S/C28H30N4O10S4/c1-15(11-29-21(25(33)34)13-43-23(29)17-5-3-7-19(9-17)31(39)40)27(37)45-46-28(38)16(2)12-30-22(26(35)36)14-44-24(30)18-6-4-8-20(10-18)32(41)42/h3-10,15-16,21-24H,11-14H2,1-2H3,(H,33,34)(H,35,36)/t15-,16-,21?,22?,23?,24?/m0/s1. The first-order valence-corrected chi connectivity index (χ1v) is 18.1. The fourth-order valence-electron chi connectivity index (χ4n) is 5.13. The Kier molecular flexibility index (Phi) is 12.1. The van der Waals surface area contributed by atoms with Crippen LogP contribution in [0.1, 0.15) is 35.7 Å². The number of carboxylic acids is 2. The number of aliphatic carboxylic acids is 2. The molecule has 2 aliphatic heterocycles. The van der Waals surface area contributed by atoms with Crippen molar-refractivity contribution in [2.45, 2.75) is 36.7 Å². The maximum Gasteiger partial charge on any atom is 0.321 e. The molecule has 2 aliphatic rings. The molecular formula is C28H30N4O10S4. The van der Waals surface area contributed by atoms with E-state index in [9.17, 15) is 49.6 Å². The maximum atomic E-state index is 13.1. The van der Waals surface area contributed by atoms with Gasteiger partial charge in [-0.15, -0.1) is 23.5 Å². The minimum atomic E-state index is -1.07. The van der Waals surface area contributed by atoms with Crippen molar-refractivity contribution < 1.29 is 39.2 Å². The average Bonchev–Trinajstić information content (AvgIpc) is 3.64. The van der Waals surface area contributed by atoms with Crippen LogP contribution in [0.3, 0.4) is 0 Å². The number of thioether (sulfide) groups is 2. The van der Waals surface area contributed by atoms with Crippen LogP contribution in [0.15, 0.2) is 48.5 Å². The van der Waals surface area contributed by atoms with E-state index >= 15 is 0 Å². The molecule has 246 valence electrons. The molecule has 2 heterocycles. The molecule has 4 unspecified atom stereocenters. The van der Waals surface area contributed by atoms with E-state index in [1.54, 1.807) is 35.8 Å². The van der Waals surface area contributed by atoms with Crippen molar-refractivity contribution in [3.63, 3.8) is 0 Å². The predicted octanol–water partition coefficient (Wildman–Crippen LogP) is 4.91. The second kappa shape index (κ2) is 15.6. The summed E-state index contributed by atoms with van der Waals surface area (Å²) in [6, 6.07) is 10.1. The van der Waals surface area contributed by atoms with Gasteiger partial charge < -0.3 is 10.2 Å².